The number of thiophene rings is 1. The van der Waals surface area contributed by atoms with Crippen molar-refractivity contribution in [2.24, 2.45) is 0 Å². The highest BCUT2D eigenvalue weighted by molar-refractivity contribution is 7.18. The molecule has 5 heteroatoms. The number of hydrogen-bond donors (Lipinski definition) is 1. The first-order valence-corrected chi connectivity index (χ1v) is 10.9. The van der Waals surface area contributed by atoms with E-state index in [1.54, 1.807) is 23.2 Å². The largest absolute Gasteiger partial charge is 0.355 e. The third kappa shape index (κ3) is 3.34. The molecular formula is C22H26N4S. The van der Waals surface area contributed by atoms with Gasteiger partial charge in [-0.05, 0) is 61.1 Å². The summed E-state index contributed by atoms with van der Waals surface area (Å²) >= 11 is 1.77. The molecule has 1 fully saturated rings. The average Bonchev–Trinajstić information content (AvgIpc) is 3.10. The molecule has 1 aliphatic carbocycles. The zero-order valence-corrected chi connectivity index (χ0v) is 16.6. The van der Waals surface area contributed by atoms with E-state index in [0.29, 0.717) is 12.1 Å². The van der Waals surface area contributed by atoms with Crippen molar-refractivity contribution < 1.29 is 0 Å². The van der Waals surface area contributed by atoms with Gasteiger partial charge in [-0.2, -0.15) is 0 Å². The number of aryl methyl sites for hydroxylation is 2. The van der Waals surface area contributed by atoms with E-state index in [9.17, 15) is 0 Å². The fourth-order valence-corrected chi connectivity index (χ4v) is 5.63. The van der Waals surface area contributed by atoms with E-state index >= 15 is 0 Å². The van der Waals surface area contributed by atoms with Crippen LogP contribution in [0.15, 0.2) is 36.0 Å². The van der Waals surface area contributed by atoms with Gasteiger partial charge in [0.1, 0.15) is 12.1 Å². The van der Waals surface area contributed by atoms with Gasteiger partial charge in [-0.15, -0.1) is 11.3 Å². The standard InChI is InChI=1S/C22H26N4S/c1-15-13-27-21-20(15)23-14-24-22(21)26-10-8-18(9-11-26)25-19-7-6-16-4-2-3-5-17(16)12-19/h2-5,13-14,18-19,25H,6-12H2,1H3. The van der Waals surface area contributed by atoms with E-state index in [1.165, 1.54) is 47.9 Å². The van der Waals surface area contributed by atoms with Gasteiger partial charge < -0.3 is 10.2 Å². The van der Waals surface area contributed by atoms with Gasteiger partial charge in [-0.1, -0.05) is 24.3 Å². The Morgan fingerprint density at radius 2 is 1.85 bits per heavy atom. The maximum Gasteiger partial charge on any atom is 0.150 e. The molecule has 5 rings (SSSR count). The summed E-state index contributed by atoms with van der Waals surface area (Å²) in [5.74, 6) is 1.13. The van der Waals surface area contributed by atoms with Crippen LogP contribution >= 0.6 is 11.3 Å². The predicted molar refractivity (Wildman–Crippen MR) is 113 cm³/mol. The van der Waals surface area contributed by atoms with Crippen molar-refractivity contribution in [2.75, 3.05) is 18.0 Å². The summed E-state index contributed by atoms with van der Waals surface area (Å²) in [4.78, 5) is 11.5. The van der Waals surface area contributed by atoms with E-state index < -0.39 is 0 Å². The first kappa shape index (κ1) is 17.1. The Hall–Kier alpha value is -1.98. The molecule has 1 atom stereocenters. The molecule has 0 bridgehead atoms. The topological polar surface area (TPSA) is 41.0 Å². The van der Waals surface area contributed by atoms with Gasteiger partial charge in [0.05, 0.1) is 10.2 Å². The van der Waals surface area contributed by atoms with Crippen molar-refractivity contribution in [3.8, 4) is 0 Å². The Morgan fingerprint density at radius 3 is 2.70 bits per heavy atom. The van der Waals surface area contributed by atoms with Crippen LogP contribution in [0, 0.1) is 6.92 Å². The molecule has 3 heterocycles. The zero-order valence-electron chi connectivity index (χ0n) is 15.8. The summed E-state index contributed by atoms with van der Waals surface area (Å²) in [6.45, 7) is 4.28. The van der Waals surface area contributed by atoms with Gasteiger partial charge in [0.25, 0.3) is 0 Å². The van der Waals surface area contributed by atoms with Crippen molar-refractivity contribution in [3.63, 3.8) is 0 Å². The molecule has 2 aliphatic rings. The van der Waals surface area contributed by atoms with Crippen LogP contribution in [0.1, 0.15) is 36.0 Å². The number of piperidine rings is 1. The van der Waals surface area contributed by atoms with Gasteiger partial charge in [0.2, 0.25) is 0 Å². The first-order chi connectivity index (χ1) is 13.3. The summed E-state index contributed by atoms with van der Waals surface area (Å²) in [7, 11) is 0. The van der Waals surface area contributed by atoms with Crippen LogP contribution in [0.2, 0.25) is 0 Å². The van der Waals surface area contributed by atoms with E-state index in [4.69, 9.17) is 0 Å². The molecule has 1 unspecified atom stereocenters. The molecule has 4 nitrogen and oxygen atoms in total. The summed E-state index contributed by atoms with van der Waals surface area (Å²) in [5.41, 5.74) is 5.46. The average molecular weight is 379 g/mol. The molecule has 3 aromatic rings. The first-order valence-electron chi connectivity index (χ1n) is 10.0. The molecule has 1 saturated heterocycles. The number of rotatable bonds is 3. The normalized spacial score (nSPS) is 20.8. The minimum absolute atomic E-state index is 0.624. The second kappa shape index (κ2) is 7.21. The predicted octanol–water partition coefficient (Wildman–Crippen LogP) is 4.12. The van der Waals surface area contributed by atoms with Crippen molar-refractivity contribution in [2.45, 2.75) is 51.1 Å². The highest BCUT2D eigenvalue weighted by atomic mass is 32.1. The Morgan fingerprint density at radius 1 is 1.04 bits per heavy atom. The highest BCUT2D eigenvalue weighted by Gasteiger charge is 2.26. The monoisotopic (exact) mass is 378 g/mol. The van der Waals surface area contributed by atoms with Gasteiger partial charge in [0.15, 0.2) is 0 Å². The number of aromatic nitrogens is 2. The van der Waals surface area contributed by atoms with Gasteiger partial charge in [0, 0.05) is 25.2 Å². The van der Waals surface area contributed by atoms with E-state index in [1.807, 2.05) is 0 Å². The van der Waals surface area contributed by atoms with E-state index in [-0.39, 0.29) is 0 Å². The fourth-order valence-electron chi connectivity index (χ4n) is 4.61. The Labute approximate surface area is 164 Å². The third-order valence-corrected chi connectivity index (χ3v) is 7.21. The van der Waals surface area contributed by atoms with Crippen LogP contribution in [0.3, 0.4) is 0 Å². The molecule has 140 valence electrons. The minimum Gasteiger partial charge on any atom is -0.355 e. The summed E-state index contributed by atoms with van der Waals surface area (Å²) < 4.78 is 1.24. The number of nitrogens with zero attached hydrogens (tertiary/aromatic N) is 3. The highest BCUT2D eigenvalue weighted by Crippen LogP contribution is 2.32. The van der Waals surface area contributed by atoms with Crippen molar-refractivity contribution in [1.29, 1.82) is 0 Å². The molecule has 27 heavy (non-hydrogen) atoms. The van der Waals surface area contributed by atoms with Gasteiger partial charge >= 0.3 is 0 Å². The molecule has 1 N–H and O–H groups in total. The number of benzene rings is 1. The van der Waals surface area contributed by atoms with Crippen molar-refractivity contribution >= 4 is 27.4 Å². The maximum atomic E-state index is 4.61. The smallest absolute Gasteiger partial charge is 0.150 e. The lowest BCUT2D eigenvalue weighted by molar-refractivity contribution is 0.345. The molecule has 1 aliphatic heterocycles. The third-order valence-electron chi connectivity index (χ3n) is 6.12. The number of fused-ring (bicyclic) bond motifs is 2. The molecule has 0 saturated carbocycles. The molecule has 2 aromatic heterocycles. The fraction of sp³-hybridized carbons (Fsp3) is 0.455. The number of nitrogens with one attached hydrogen (secondary N) is 1. The molecule has 0 spiro atoms. The summed E-state index contributed by atoms with van der Waals surface area (Å²) in [6.07, 6.45) is 7.75. The Balaban J connectivity index is 1.22. The number of hydrogen-bond acceptors (Lipinski definition) is 5. The van der Waals surface area contributed by atoms with Crippen LogP contribution < -0.4 is 10.2 Å². The van der Waals surface area contributed by atoms with Crippen LogP contribution in [-0.2, 0) is 12.8 Å². The second-order valence-corrected chi connectivity index (χ2v) is 8.81. The van der Waals surface area contributed by atoms with Gasteiger partial charge in [-0.25, -0.2) is 9.97 Å². The van der Waals surface area contributed by atoms with Crippen LogP contribution in [0.5, 0.6) is 0 Å². The lowest BCUT2D eigenvalue weighted by Crippen LogP contribution is -2.48. The molecular weight excluding hydrogens is 352 g/mol. The summed E-state index contributed by atoms with van der Waals surface area (Å²) in [6, 6.07) is 10.2. The summed E-state index contributed by atoms with van der Waals surface area (Å²) in [5, 5.41) is 6.15. The van der Waals surface area contributed by atoms with E-state index in [2.05, 4.69) is 56.8 Å². The van der Waals surface area contributed by atoms with Crippen LogP contribution in [0.4, 0.5) is 5.82 Å². The minimum atomic E-state index is 0.624. The maximum absolute atomic E-state index is 4.61. The Bertz CT molecular complexity index is 942. The van der Waals surface area contributed by atoms with Crippen LogP contribution in [0.25, 0.3) is 10.2 Å². The zero-order chi connectivity index (χ0) is 18.2. The SMILES string of the molecule is Cc1csc2c(N3CCC(NC4CCc5ccccc5C4)CC3)ncnc12. The molecule has 0 amide bonds. The quantitative estimate of drug-likeness (QED) is 0.744. The van der Waals surface area contributed by atoms with Crippen molar-refractivity contribution in [3.05, 3.63) is 52.7 Å². The number of anilines is 1. The molecule has 0 radical (unpaired) electrons. The lowest BCUT2D eigenvalue weighted by Gasteiger charge is -2.36. The van der Waals surface area contributed by atoms with E-state index in [0.717, 1.165) is 24.4 Å². The van der Waals surface area contributed by atoms with Crippen LogP contribution in [-0.4, -0.2) is 35.1 Å². The second-order valence-electron chi connectivity index (χ2n) is 7.93. The Kier molecular flexibility index (Phi) is 4.58. The molecule has 1 aromatic carbocycles. The van der Waals surface area contributed by atoms with Crippen molar-refractivity contribution in [1.82, 2.24) is 15.3 Å². The lowest BCUT2D eigenvalue weighted by atomic mass is 9.87. The van der Waals surface area contributed by atoms with Gasteiger partial charge in [-0.3, -0.25) is 0 Å².